The van der Waals surface area contributed by atoms with Gasteiger partial charge in [-0.15, -0.1) is 0 Å². The van der Waals surface area contributed by atoms with E-state index in [2.05, 4.69) is 53.5 Å². The van der Waals surface area contributed by atoms with E-state index < -0.39 is 0 Å². The lowest BCUT2D eigenvalue weighted by Crippen LogP contribution is -2.52. The highest BCUT2D eigenvalue weighted by Crippen LogP contribution is 2.19. The Morgan fingerprint density at radius 1 is 1.00 bits per heavy atom. The van der Waals surface area contributed by atoms with E-state index in [4.69, 9.17) is 4.74 Å². The van der Waals surface area contributed by atoms with Crippen LogP contribution in [0.2, 0.25) is 0 Å². The minimum atomic E-state index is -0.0107. The maximum atomic E-state index is 12.4. The van der Waals surface area contributed by atoms with Crippen molar-refractivity contribution >= 4 is 11.7 Å². The highest BCUT2D eigenvalue weighted by atomic mass is 16.5. The number of piperazine rings is 1. The molecule has 27 heavy (non-hydrogen) atoms. The Kier molecular flexibility index (Phi) is 6.22. The molecule has 1 aliphatic rings. The lowest BCUT2D eigenvalue weighted by Gasteiger charge is -2.36. The molecule has 2 aromatic rings. The van der Waals surface area contributed by atoms with Crippen LogP contribution in [0, 0.1) is 20.8 Å². The first kappa shape index (κ1) is 19.1. The van der Waals surface area contributed by atoms with Crippen LogP contribution in [0.5, 0.6) is 5.75 Å². The average Bonchev–Trinajstić information content (AvgIpc) is 2.67. The molecular weight excluding hydrogens is 338 g/mol. The van der Waals surface area contributed by atoms with E-state index in [1.165, 1.54) is 16.8 Å². The Balaban J connectivity index is 1.40. The van der Waals surface area contributed by atoms with Crippen molar-refractivity contribution in [2.45, 2.75) is 20.8 Å². The summed E-state index contributed by atoms with van der Waals surface area (Å²) in [6, 6.07) is 14.7. The Hall–Kier alpha value is -2.69. The van der Waals surface area contributed by atoms with Gasteiger partial charge in [-0.05, 0) is 55.7 Å². The zero-order valence-corrected chi connectivity index (χ0v) is 16.5. The Morgan fingerprint density at radius 2 is 1.74 bits per heavy atom. The highest BCUT2D eigenvalue weighted by Gasteiger charge is 2.21. The van der Waals surface area contributed by atoms with Gasteiger partial charge in [-0.2, -0.15) is 0 Å². The van der Waals surface area contributed by atoms with Crippen LogP contribution in [-0.2, 0) is 0 Å². The van der Waals surface area contributed by atoms with Crippen molar-refractivity contribution in [2.24, 2.45) is 0 Å². The van der Waals surface area contributed by atoms with E-state index in [-0.39, 0.29) is 6.03 Å². The van der Waals surface area contributed by atoms with Gasteiger partial charge in [0.1, 0.15) is 12.4 Å². The standard InChI is InChI=1S/C22H29N3O2/c1-17-5-4-6-20(15-17)24-10-12-25(13-11-24)22(26)23-9-14-27-21-16-18(2)7-8-19(21)3/h4-8,15-16H,9-14H2,1-3H3,(H,23,26). The summed E-state index contributed by atoms with van der Waals surface area (Å²) in [4.78, 5) is 16.6. The Morgan fingerprint density at radius 3 is 2.48 bits per heavy atom. The molecule has 2 aromatic carbocycles. The van der Waals surface area contributed by atoms with Crippen LogP contribution in [0.3, 0.4) is 0 Å². The van der Waals surface area contributed by atoms with Crippen LogP contribution >= 0.6 is 0 Å². The number of hydrogen-bond donors (Lipinski definition) is 1. The third-order valence-corrected chi connectivity index (χ3v) is 4.91. The first-order valence-electron chi connectivity index (χ1n) is 9.57. The summed E-state index contributed by atoms with van der Waals surface area (Å²) >= 11 is 0. The van der Waals surface area contributed by atoms with Crippen molar-refractivity contribution in [3.05, 3.63) is 59.2 Å². The molecule has 0 aliphatic carbocycles. The van der Waals surface area contributed by atoms with Crippen molar-refractivity contribution in [1.82, 2.24) is 10.2 Å². The summed E-state index contributed by atoms with van der Waals surface area (Å²) in [5.74, 6) is 0.885. The van der Waals surface area contributed by atoms with Gasteiger partial charge >= 0.3 is 6.03 Å². The van der Waals surface area contributed by atoms with Gasteiger partial charge in [0.05, 0.1) is 6.54 Å². The third kappa shape index (κ3) is 5.16. The van der Waals surface area contributed by atoms with Crippen LogP contribution in [0.1, 0.15) is 16.7 Å². The normalized spacial score (nSPS) is 14.2. The molecule has 0 aromatic heterocycles. The number of aryl methyl sites for hydroxylation is 3. The van der Waals surface area contributed by atoms with Gasteiger partial charge in [0, 0.05) is 31.9 Å². The molecule has 1 heterocycles. The minimum absolute atomic E-state index is 0.0107. The van der Waals surface area contributed by atoms with Crippen molar-refractivity contribution in [3.63, 3.8) is 0 Å². The van der Waals surface area contributed by atoms with E-state index in [1.807, 2.05) is 24.8 Å². The quantitative estimate of drug-likeness (QED) is 0.823. The molecule has 0 atom stereocenters. The van der Waals surface area contributed by atoms with Crippen molar-refractivity contribution in [1.29, 1.82) is 0 Å². The molecule has 0 spiro atoms. The monoisotopic (exact) mass is 367 g/mol. The summed E-state index contributed by atoms with van der Waals surface area (Å²) in [6.45, 7) is 10.3. The maximum absolute atomic E-state index is 12.4. The lowest BCUT2D eigenvalue weighted by atomic mass is 10.1. The maximum Gasteiger partial charge on any atom is 0.317 e. The predicted molar refractivity (Wildman–Crippen MR) is 110 cm³/mol. The molecule has 1 saturated heterocycles. The van der Waals surface area contributed by atoms with Gasteiger partial charge in [0.15, 0.2) is 0 Å². The average molecular weight is 367 g/mol. The molecule has 5 heteroatoms. The number of carbonyl (C=O) groups is 1. The van der Waals surface area contributed by atoms with Crippen LogP contribution in [0.25, 0.3) is 0 Å². The first-order chi connectivity index (χ1) is 13.0. The molecule has 1 fully saturated rings. The molecule has 0 radical (unpaired) electrons. The SMILES string of the molecule is Cc1cccc(N2CCN(C(=O)NCCOc3cc(C)ccc3C)CC2)c1. The summed E-state index contributed by atoms with van der Waals surface area (Å²) in [5.41, 5.74) is 4.78. The number of hydrogen-bond acceptors (Lipinski definition) is 3. The third-order valence-electron chi connectivity index (χ3n) is 4.91. The summed E-state index contributed by atoms with van der Waals surface area (Å²) < 4.78 is 5.80. The molecule has 1 aliphatic heterocycles. The molecular formula is C22H29N3O2. The van der Waals surface area contributed by atoms with E-state index in [0.29, 0.717) is 13.2 Å². The van der Waals surface area contributed by atoms with Crippen LogP contribution in [0.15, 0.2) is 42.5 Å². The number of nitrogens with zero attached hydrogens (tertiary/aromatic N) is 2. The van der Waals surface area contributed by atoms with E-state index in [9.17, 15) is 4.79 Å². The number of nitrogens with one attached hydrogen (secondary N) is 1. The second kappa shape index (κ2) is 8.80. The van der Waals surface area contributed by atoms with Crippen molar-refractivity contribution < 1.29 is 9.53 Å². The second-order valence-electron chi connectivity index (χ2n) is 7.16. The molecule has 5 nitrogen and oxygen atoms in total. The van der Waals surface area contributed by atoms with Gasteiger partial charge in [-0.25, -0.2) is 4.79 Å². The van der Waals surface area contributed by atoms with E-state index in [0.717, 1.165) is 37.5 Å². The first-order valence-corrected chi connectivity index (χ1v) is 9.57. The molecule has 0 unspecified atom stereocenters. The van der Waals surface area contributed by atoms with Crippen LogP contribution < -0.4 is 15.0 Å². The Bertz CT molecular complexity index is 783. The molecule has 144 valence electrons. The number of anilines is 1. The van der Waals surface area contributed by atoms with E-state index in [1.54, 1.807) is 0 Å². The topological polar surface area (TPSA) is 44.8 Å². The van der Waals surface area contributed by atoms with Gasteiger partial charge in [0.2, 0.25) is 0 Å². The largest absolute Gasteiger partial charge is 0.491 e. The summed E-state index contributed by atoms with van der Waals surface area (Å²) in [5, 5.41) is 2.96. The fourth-order valence-corrected chi connectivity index (χ4v) is 3.29. The minimum Gasteiger partial charge on any atom is -0.491 e. The number of urea groups is 1. The highest BCUT2D eigenvalue weighted by molar-refractivity contribution is 5.74. The van der Waals surface area contributed by atoms with Crippen LogP contribution in [0.4, 0.5) is 10.5 Å². The fraction of sp³-hybridized carbons (Fsp3) is 0.409. The van der Waals surface area contributed by atoms with Gasteiger partial charge in [0.25, 0.3) is 0 Å². The summed E-state index contributed by atoms with van der Waals surface area (Å²) in [6.07, 6.45) is 0. The number of carbonyl (C=O) groups excluding carboxylic acids is 1. The smallest absolute Gasteiger partial charge is 0.317 e. The van der Waals surface area contributed by atoms with Crippen LogP contribution in [-0.4, -0.2) is 50.3 Å². The van der Waals surface area contributed by atoms with Gasteiger partial charge in [-0.1, -0.05) is 24.3 Å². The zero-order chi connectivity index (χ0) is 19.2. The molecule has 3 rings (SSSR count). The number of ether oxygens (including phenoxy) is 1. The number of benzene rings is 2. The molecule has 1 N–H and O–H groups in total. The lowest BCUT2D eigenvalue weighted by molar-refractivity contribution is 0.191. The van der Waals surface area contributed by atoms with Crippen molar-refractivity contribution in [2.75, 3.05) is 44.2 Å². The molecule has 0 bridgehead atoms. The molecule has 0 saturated carbocycles. The zero-order valence-electron chi connectivity index (χ0n) is 16.5. The summed E-state index contributed by atoms with van der Waals surface area (Å²) in [7, 11) is 0. The number of rotatable bonds is 5. The van der Waals surface area contributed by atoms with Crippen molar-refractivity contribution in [3.8, 4) is 5.75 Å². The number of amides is 2. The molecule has 2 amide bonds. The fourth-order valence-electron chi connectivity index (χ4n) is 3.29. The Labute approximate surface area is 161 Å². The predicted octanol–water partition coefficient (Wildman–Crippen LogP) is 3.52. The second-order valence-corrected chi connectivity index (χ2v) is 7.16. The van der Waals surface area contributed by atoms with Gasteiger partial charge < -0.3 is 19.9 Å². The van der Waals surface area contributed by atoms with Gasteiger partial charge in [-0.3, -0.25) is 0 Å². The van der Waals surface area contributed by atoms with E-state index >= 15 is 0 Å².